The normalized spacial score (nSPS) is 13.4. The third-order valence-corrected chi connectivity index (χ3v) is 10.9. The molecule has 382 valence electrons. The molecule has 0 fully saturated rings. The SMILES string of the molecule is CC/C=C\C/C=C\C/C=C\C/C=C\C/C=C\CCCCCC(=O)OCC(COCCCCCCCCCC/C=C\C/C=C\CCCCC)OC(=O)C/C=C\C/C=C\C/C=C\C/C=C\C/C=C\CC. The van der Waals surface area contributed by atoms with Crippen LogP contribution in [-0.4, -0.2) is 37.9 Å². The molecular weight excluding hydrogens is 837 g/mol. The van der Waals surface area contributed by atoms with E-state index in [1.807, 2.05) is 12.2 Å². The summed E-state index contributed by atoms with van der Waals surface area (Å²) in [5.41, 5.74) is 0. The Morgan fingerprint density at radius 2 is 0.706 bits per heavy atom. The van der Waals surface area contributed by atoms with Crippen molar-refractivity contribution in [1.29, 1.82) is 0 Å². The van der Waals surface area contributed by atoms with Crippen LogP contribution in [0.2, 0.25) is 0 Å². The van der Waals surface area contributed by atoms with Gasteiger partial charge >= 0.3 is 11.9 Å². The molecule has 0 aromatic heterocycles. The molecule has 0 spiro atoms. The highest BCUT2D eigenvalue weighted by molar-refractivity contribution is 5.71. The summed E-state index contributed by atoms with van der Waals surface area (Å²) in [5.74, 6) is -0.594. The van der Waals surface area contributed by atoms with E-state index in [-0.39, 0.29) is 31.6 Å². The third-order valence-electron chi connectivity index (χ3n) is 10.9. The van der Waals surface area contributed by atoms with E-state index in [9.17, 15) is 9.59 Å². The summed E-state index contributed by atoms with van der Waals surface area (Å²) in [6.07, 6.45) is 83.1. The van der Waals surface area contributed by atoms with E-state index in [1.54, 1.807) is 0 Å². The maximum Gasteiger partial charge on any atom is 0.310 e. The Kier molecular flexibility index (Phi) is 53.6. The van der Waals surface area contributed by atoms with E-state index in [0.29, 0.717) is 13.0 Å². The zero-order chi connectivity index (χ0) is 49.2. The second-order valence-corrected chi connectivity index (χ2v) is 17.4. The van der Waals surface area contributed by atoms with Crippen LogP contribution >= 0.6 is 0 Å². The standard InChI is InChI=1S/C63H100O5/c1-4-7-10-13-16-19-22-25-28-30-32-33-36-38-41-44-47-50-53-56-62(64)67-60-61(68-63(65)57-54-51-48-45-42-39-35-27-24-21-18-15-12-9-6-3)59-66-58-55-52-49-46-43-40-37-34-31-29-26-23-20-17-14-11-8-5-2/h7,9-10,12,16-21,25-29,32-33,35,38,41-42,45,51,54,61H,4-6,8,11,13-15,22-24,30-31,34,36-37,39-40,43-44,46-50,52-53,55-60H2,1-3H3/b10-7-,12-9-,19-16-,20-17-,21-18-,28-25-,29-26-,33-32-,35-27-,41-38-,45-42-,54-51-. The predicted molar refractivity (Wildman–Crippen MR) is 297 cm³/mol. The van der Waals surface area contributed by atoms with Gasteiger partial charge in [-0.2, -0.15) is 0 Å². The van der Waals surface area contributed by atoms with E-state index < -0.39 is 6.10 Å². The highest BCUT2D eigenvalue weighted by Crippen LogP contribution is 2.12. The summed E-state index contributed by atoms with van der Waals surface area (Å²) >= 11 is 0. The highest BCUT2D eigenvalue weighted by atomic mass is 16.6. The van der Waals surface area contributed by atoms with Crippen molar-refractivity contribution in [2.45, 2.75) is 219 Å². The molecule has 0 rings (SSSR count). The molecule has 0 saturated carbocycles. The summed E-state index contributed by atoms with van der Waals surface area (Å²) in [7, 11) is 0. The van der Waals surface area contributed by atoms with Gasteiger partial charge in [-0.15, -0.1) is 0 Å². The molecule has 0 heterocycles. The van der Waals surface area contributed by atoms with Gasteiger partial charge in [0.25, 0.3) is 0 Å². The molecule has 0 aliphatic rings. The van der Waals surface area contributed by atoms with Crippen LogP contribution in [0.25, 0.3) is 0 Å². The van der Waals surface area contributed by atoms with Gasteiger partial charge < -0.3 is 14.2 Å². The molecular formula is C63H100O5. The van der Waals surface area contributed by atoms with Crippen LogP contribution in [0.3, 0.4) is 0 Å². The smallest absolute Gasteiger partial charge is 0.310 e. The Labute approximate surface area is 419 Å². The monoisotopic (exact) mass is 937 g/mol. The molecule has 1 atom stereocenters. The van der Waals surface area contributed by atoms with Crippen LogP contribution in [0.4, 0.5) is 0 Å². The number of allylic oxidation sites excluding steroid dienone is 23. The second-order valence-electron chi connectivity index (χ2n) is 17.4. The topological polar surface area (TPSA) is 61.8 Å². The number of hydrogen-bond donors (Lipinski definition) is 0. The van der Waals surface area contributed by atoms with Crippen molar-refractivity contribution < 1.29 is 23.8 Å². The van der Waals surface area contributed by atoms with Crippen molar-refractivity contribution in [2.75, 3.05) is 19.8 Å². The Balaban J connectivity index is 4.48. The molecule has 0 aliphatic carbocycles. The van der Waals surface area contributed by atoms with Crippen LogP contribution in [0.15, 0.2) is 146 Å². The van der Waals surface area contributed by atoms with Gasteiger partial charge in [0.1, 0.15) is 6.61 Å². The van der Waals surface area contributed by atoms with Crippen molar-refractivity contribution in [1.82, 2.24) is 0 Å². The fourth-order valence-electron chi connectivity index (χ4n) is 6.88. The Morgan fingerprint density at radius 3 is 1.13 bits per heavy atom. The molecule has 0 aromatic carbocycles. The first-order valence-electron chi connectivity index (χ1n) is 27.4. The van der Waals surface area contributed by atoms with Gasteiger partial charge in [0, 0.05) is 13.0 Å². The number of hydrogen-bond acceptors (Lipinski definition) is 5. The zero-order valence-electron chi connectivity index (χ0n) is 43.8. The number of rotatable bonds is 48. The summed E-state index contributed by atoms with van der Waals surface area (Å²) in [6.45, 7) is 7.40. The average molecular weight is 937 g/mol. The van der Waals surface area contributed by atoms with Gasteiger partial charge in [0.2, 0.25) is 0 Å². The summed E-state index contributed by atoms with van der Waals surface area (Å²) < 4.78 is 17.3. The predicted octanol–water partition coefficient (Wildman–Crippen LogP) is 18.9. The lowest BCUT2D eigenvalue weighted by molar-refractivity contribution is -0.162. The van der Waals surface area contributed by atoms with E-state index in [2.05, 4.69) is 154 Å². The van der Waals surface area contributed by atoms with E-state index in [4.69, 9.17) is 14.2 Å². The van der Waals surface area contributed by atoms with Gasteiger partial charge in [-0.25, -0.2) is 0 Å². The Morgan fingerprint density at radius 1 is 0.353 bits per heavy atom. The van der Waals surface area contributed by atoms with Crippen molar-refractivity contribution in [3.8, 4) is 0 Å². The summed E-state index contributed by atoms with van der Waals surface area (Å²) in [4.78, 5) is 25.4. The van der Waals surface area contributed by atoms with E-state index in [0.717, 1.165) is 109 Å². The molecule has 5 nitrogen and oxygen atoms in total. The first-order chi connectivity index (χ1) is 33.6. The minimum Gasteiger partial charge on any atom is -0.462 e. The number of carbonyl (C=O) groups is 2. The van der Waals surface area contributed by atoms with Crippen LogP contribution < -0.4 is 0 Å². The van der Waals surface area contributed by atoms with Crippen LogP contribution in [-0.2, 0) is 23.8 Å². The minimum absolute atomic E-state index is 0.0161. The highest BCUT2D eigenvalue weighted by Gasteiger charge is 2.17. The largest absolute Gasteiger partial charge is 0.462 e. The van der Waals surface area contributed by atoms with Crippen molar-refractivity contribution in [3.63, 3.8) is 0 Å². The number of esters is 2. The molecule has 0 aliphatic heterocycles. The van der Waals surface area contributed by atoms with Crippen molar-refractivity contribution >= 4 is 11.9 Å². The number of unbranched alkanes of at least 4 members (excludes halogenated alkanes) is 14. The van der Waals surface area contributed by atoms with Crippen LogP contribution in [0.5, 0.6) is 0 Å². The molecule has 0 saturated heterocycles. The number of carbonyl (C=O) groups excluding carboxylic acids is 2. The fraction of sp³-hybridized carbons (Fsp3) is 0.587. The molecule has 0 radical (unpaired) electrons. The summed E-state index contributed by atoms with van der Waals surface area (Å²) in [5, 5.41) is 0. The van der Waals surface area contributed by atoms with Crippen LogP contribution in [0.1, 0.15) is 213 Å². The molecule has 0 N–H and O–H groups in total. The fourth-order valence-corrected chi connectivity index (χ4v) is 6.88. The number of ether oxygens (including phenoxy) is 3. The quantitative estimate of drug-likeness (QED) is 0.0346. The van der Waals surface area contributed by atoms with Crippen molar-refractivity contribution in [2.24, 2.45) is 0 Å². The van der Waals surface area contributed by atoms with Gasteiger partial charge in [-0.1, -0.05) is 224 Å². The minimum atomic E-state index is -0.619. The van der Waals surface area contributed by atoms with Crippen molar-refractivity contribution in [3.05, 3.63) is 146 Å². The zero-order valence-corrected chi connectivity index (χ0v) is 43.8. The molecule has 0 aromatic rings. The molecule has 0 amide bonds. The third kappa shape index (κ3) is 54.4. The molecule has 68 heavy (non-hydrogen) atoms. The summed E-state index contributed by atoms with van der Waals surface area (Å²) in [6, 6.07) is 0. The van der Waals surface area contributed by atoms with Gasteiger partial charge in [-0.05, 0) is 122 Å². The Hall–Kier alpha value is -4.22. The molecule has 1 unspecified atom stereocenters. The van der Waals surface area contributed by atoms with Gasteiger partial charge in [-0.3, -0.25) is 9.59 Å². The van der Waals surface area contributed by atoms with E-state index >= 15 is 0 Å². The molecule has 5 heteroatoms. The van der Waals surface area contributed by atoms with Gasteiger partial charge in [0.05, 0.1) is 13.0 Å². The maximum atomic E-state index is 12.8. The van der Waals surface area contributed by atoms with E-state index in [1.165, 1.54) is 70.6 Å². The molecule has 0 bridgehead atoms. The average Bonchev–Trinajstić information content (AvgIpc) is 3.34. The first kappa shape index (κ1) is 63.8. The first-order valence-corrected chi connectivity index (χ1v) is 27.4. The Bertz CT molecular complexity index is 1480. The van der Waals surface area contributed by atoms with Crippen LogP contribution in [0, 0.1) is 0 Å². The lowest BCUT2D eigenvalue weighted by atomic mass is 10.1. The lowest BCUT2D eigenvalue weighted by Crippen LogP contribution is -2.29. The van der Waals surface area contributed by atoms with Gasteiger partial charge in [0.15, 0.2) is 6.10 Å². The lowest BCUT2D eigenvalue weighted by Gasteiger charge is -2.18. The second kappa shape index (κ2) is 57.1. The maximum absolute atomic E-state index is 12.8.